The number of carboxylic acids is 1. The molecule has 0 saturated carbocycles. The number of β-amino-alcohol motifs (C(OH)–C–C–N with tert-alkyl or cyclic N) is 1. The second kappa shape index (κ2) is 2.53. The molecule has 1 aliphatic heterocycles. The highest BCUT2D eigenvalue weighted by molar-refractivity contribution is 5.74. The quantitative estimate of drug-likeness (QED) is 0.337. The summed E-state index contributed by atoms with van der Waals surface area (Å²) in [6, 6.07) is -1.02. The van der Waals surface area contributed by atoms with Gasteiger partial charge in [0.1, 0.15) is 12.1 Å². The van der Waals surface area contributed by atoms with E-state index in [4.69, 9.17) is 15.3 Å². The van der Waals surface area contributed by atoms with Crippen LogP contribution in [-0.4, -0.2) is 46.1 Å². The fourth-order valence-electron chi connectivity index (χ4n) is 0.945. The van der Waals surface area contributed by atoms with Gasteiger partial charge in [-0.25, -0.2) is 0 Å². The third-order valence-corrected chi connectivity index (χ3v) is 1.55. The Morgan fingerprint density at radius 1 is 1.50 bits per heavy atom. The Morgan fingerprint density at radius 3 is 2.30 bits per heavy atom. The predicted molar refractivity (Wildman–Crippen MR) is 31.4 cm³/mol. The van der Waals surface area contributed by atoms with E-state index < -0.39 is 24.2 Å². The lowest BCUT2D eigenvalue weighted by molar-refractivity contribution is -0.142. The number of aliphatic carboxylic acids is 1. The van der Waals surface area contributed by atoms with E-state index in [1.165, 1.54) is 0 Å². The van der Waals surface area contributed by atoms with Crippen LogP contribution in [0.25, 0.3) is 0 Å². The molecule has 1 aliphatic rings. The molecule has 0 aromatic heterocycles. The number of hydrogen-bond donors (Lipinski definition) is 4. The van der Waals surface area contributed by atoms with Gasteiger partial charge in [0.25, 0.3) is 0 Å². The molecule has 4 N–H and O–H groups in total. The summed E-state index contributed by atoms with van der Waals surface area (Å²) in [7, 11) is 0. The summed E-state index contributed by atoms with van der Waals surface area (Å²) in [5, 5.41) is 28.6. The first kappa shape index (κ1) is 7.46. The normalized spacial score (nSPS) is 40.0. The maximum absolute atomic E-state index is 10.2. The SMILES string of the molecule is O=C(O)[C@@H]1NC[C@@H](O)[C@@H]1O. The van der Waals surface area contributed by atoms with Crippen LogP contribution in [0.3, 0.4) is 0 Å². The molecule has 0 amide bonds. The van der Waals surface area contributed by atoms with Crippen molar-refractivity contribution in [3.05, 3.63) is 0 Å². The molecule has 1 fully saturated rings. The monoisotopic (exact) mass is 147 g/mol. The van der Waals surface area contributed by atoms with E-state index in [1.54, 1.807) is 0 Å². The lowest BCUT2D eigenvalue weighted by Crippen LogP contribution is -2.39. The van der Waals surface area contributed by atoms with Gasteiger partial charge in [-0.1, -0.05) is 0 Å². The van der Waals surface area contributed by atoms with Crippen molar-refractivity contribution in [3.8, 4) is 0 Å². The van der Waals surface area contributed by atoms with Gasteiger partial charge in [0.05, 0.1) is 6.10 Å². The van der Waals surface area contributed by atoms with Gasteiger partial charge in [0.2, 0.25) is 0 Å². The average Bonchev–Trinajstić information content (AvgIpc) is 2.14. The Labute approximate surface area is 57.3 Å². The summed E-state index contributed by atoms with van der Waals surface area (Å²) in [5.41, 5.74) is 0. The van der Waals surface area contributed by atoms with Gasteiger partial charge in [-0.3, -0.25) is 10.1 Å². The number of carboxylic acid groups (broad SMARTS) is 1. The minimum atomic E-state index is -1.18. The van der Waals surface area contributed by atoms with Crippen LogP contribution in [0.1, 0.15) is 0 Å². The highest BCUT2D eigenvalue weighted by Crippen LogP contribution is 2.06. The lowest BCUT2D eigenvalue weighted by atomic mass is 10.1. The molecule has 0 unspecified atom stereocenters. The van der Waals surface area contributed by atoms with E-state index in [0.717, 1.165) is 0 Å². The largest absolute Gasteiger partial charge is 0.480 e. The van der Waals surface area contributed by atoms with Crippen molar-refractivity contribution in [2.24, 2.45) is 0 Å². The number of carbonyl (C=O) groups is 1. The van der Waals surface area contributed by atoms with Crippen LogP contribution >= 0.6 is 0 Å². The van der Waals surface area contributed by atoms with E-state index >= 15 is 0 Å². The van der Waals surface area contributed by atoms with Crippen molar-refractivity contribution in [1.82, 2.24) is 5.32 Å². The van der Waals surface area contributed by atoms with Crippen molar-refractivity contribution in [1.29, 1.82) is 0 Å². The summed E-state index contributed by atoms with van der Waals surface area (Å²) < 4.78 is 0. The van der Waals surface area contributed by atoms with Crippen LogP contribution < -0.4 is 5.32 Å². The summed E-state index contributed by atoms with van der Waals surface area (Å²) in [6.45, 7) is 0.137. The zero-order chi connectivity index (χ0) is 7.72. The van der Waals surface area contributed by atoms with Gasteiger partial charge >= 0.3 is 5.97 Å². The molecule has 1 heterocycles. The van der Waals surface area contributed by atoms with Gasteiger partial charge < -0.3 is 15.3 Å². The zero-order valence-electron chi connectivity index (χ0n) is 5.19. The van der Waals surface area contributed by atoms with E-state index in [-0.39, 0.29) is 6.54 Å². The van der Waals surface area contributed by atoms with E-state index in [2.05, 4.69) is 5.32 Å². The van der Waals surface area contributed by atoms with Crippen LogP contribution in [-0.2, 0) is 4.79 Å². The number of aliphatic hydroxyl groups is 2. The third kappa shape index (κ3) is 1.11. The second-order valence-electron chi connectivity index (χ2n) is 2.28. The molecule has 58 valence electrons. The van der Waals surface area contributed by atoms with Crippen LogP contribution in [0.2, 0.25) is 0 Å². The highest BCUT2D eigenvalue weighted by Gasteiger charge is 2.37. The molecule has 0 radical (unpaired) electrons. The van der Waals surface area contributed by atoms with Crippen LogP contribution in [0.15, 0.2) is 0 Å². The molecule has 0 aromatic carbocycles. The Balaban J connectivity index is 2.57. The molecule has 5 nitrogen and oxygen atoms in total. The molecule has 10 heavy (non-hydrogen) atoms. The summed E-state index contributed by atoms with van der Waals surface area (Å²) in [5.74, 6) is -1.14. The fourth-order valence-corrected chi connectivity index (χ4v) is 0.945. The number of rotatable bonds is 1. The van der Waals surface area contributed by atoms with Crippen LogP contribution in [0, 0.1) is 0 Å². The molecule has 0 aliphatic carbocycles. The van der Waals surface area contributed by atoms with Gasteiger partial charge in [0, 0.05) is 6.54 Å². The third-order valence-electron chi connectivity index (χ3n) is 1.55. The molecule has 0 spiro atoms. The molecular formula is C5H9NO4. The average molecular weight is 147 g/mol. The Hall–Kier alpha value is -0.650. The second-order valence-corrected chi connectivity index (χ2v) is 2.28. The van der Waals surface area contributed by atoms with Crippen molar-refractivity contribution < 1.29 is 20.1 Å². The topological polar surface area (TPSA) is 89.8 Å². The molecule has 1 saturated heterocycles. The van der Waals surface area contributed by atoms with Gasteiger partial charge in [-0.05, 0) is 0 Å². The van der Waals surface area contributed by atoms with Crippen LogP contribution in [0.4, 0.5) is 0 Å². The summed E-state index contributed by atoms with van der Waals surface area (Å²) in [6.07, 6.45) is -2.14. The van der Waals surface area contributed by atoms with E-state index in [9.17, 15) is 4.79 Å². The smallest absolute Gasteiger partial charge is 0.323 e. The maximum Gasteiger partial charge on any atom is 0.323 e. The first-order valence-electron chi connectivity index (χ1n) is 2.95. The summed E-state index contributed by atoms with van der Waals surface area (Å²) >= 11 is 0. The van der Waals surface area contributed by atoms with E-state index in [0.29, 0.717) is 0 Å². The number of aliphatic hydroxyl groups excluding tert-OH is 2. The first-order chi connectivity index (χ1) is 4.63. The first-order valence-corrected chi connectivity index (χ1v) is 2.95. The van der Waals surface area contributed by atoms with Gasteiger partial charge in [-0.15, -0.1) is 0 Å². The molecule has 1 rings (SSSR count). The van der Waals surface area contributed by atoms with Crippen molar-refractivity contribution in [2.45, 2.75) is 18.2 Å². The zero-order valence-corrected chi connectivity index (χ0v) is 5.19. The fraction of sp³-hybridized carbons (Fsp3) is 0.800. The minimum Gasteiger partial charge on any atom is -0.480 e. The van der Waals surface area contributed by atoms with E-state index in [1.807, 2.05) is 0 Å². The Morgan fingerprint density at radius 2 is 2.10 bits per heavy atom. The van der Waals surface area contributed by atoms with Crippen LogP contribution in [0.5, 0.6) is 0 Å². The lowest BCUT2D eigenvalue weighted by Gasteiger charge is -2.09. The highest BCUT2D eigenvalue weighted by atomic mass is 16.4. The molecular weight excluding hydrogens is 138 g/mol. The molecule has 5 heteroatoms. The van der Waals surface area contributed by atoms with Crippen molar-refractivity contribution in [2.75, 3.05) is 6.54 Å². The molecule has 0 bridgehead atoms. The van der Waals surface area contributed by atoms with Crippen molar-refractivity contribution >= 4 is 5.97 Å². The minimum absolute atomic E-state index is 0.137. The Kier molecular flexibility index (Phi) is 1.89. The van der Waals surface area contributed by atoms with Gasteiger partial charge in [0.15, 0.2) is 0 Å². The Bertz CT molecular complexity index is 149. The maximum atomic E-state index is 10.2. The van der Waals surface area contributed by atoms with Gasteiger partial charge in [-0.2, -0.15) is 0 Å². The molecule has 3 atom stereocenters. The predicted octanol–water partition coefficient (Wildman–Crippen LogP) is -2.24. The standard InChI is InChI=1S/C5H9NO4/c7-2-1-6-3(4(2)8)5(9)10/h2-4,6-8H,1H2,(H,9,10)/t2-,3-,4+/m1/s1. The number of hydrogen-bond acceptors (Lipinski definition) is 4. The summed E-state index contributed by atoms with van der Waals surface area (Å²) in [4.78, 5) is 10.2. The molecule has 0 aromatic rings. The van der Waals surface area contributed by atoms with Crippen molar-refractivity contribution in [3.63, 3.8) is 0 Å². The number of nitrogens with one attached hydrogen (secondary N) is 1.